The molecule has 1 aromatic heterocycles. The van der Waals surface area contributed by atoms with E-state index in [-0.39, 0.29) is 11.9 Å². The molecule has 0 aromatic carbocycles. The number of ether oxygens (including phenoxy) is 1. The number of hydrogen-bond acceptors (Lipinski definition) is 3. The Morgan fingerprint density at radius 3 is 2.73 bits per heavy atom. The number of rotatable bonds is 4. The van der Waals surface area contributed by atoms with Crippen LogP contribution in [0.2, 0.25) is 0 Å². The van der Waals surface area contributed by atoms with E-state index in [0.29, 0.717) is 5.56 Å². The normalized spacial score (nSPS) is 17.1. The minimum atomic E-state index is -0.491. The van der Waals surface area contributed by atoms with Gasteiger partial charge in [-0.3, -0.25) is 4.98 Å². The molecule has 0 aliphatic rings. The van der Waals surface area contributed by atoms with Crippen LogP contribution in [0.5, 0.6) is 0 Å². The summed E-state index contributed by atoms with van der Waals surface area (Å²) in [6.07, 6.45) is 3.48. The fourth-order valence-corrected chi connectivity index (χ4v) is 1.44. The molecule has 0 radical (unpaired) electrons. The van der Waals surface area contributed by atoms with Crippen LogP contribution in [0.1, 0.15) is 31.9 Å². The van der Waals surface area contributed by atoms with Gasteiger partial charge in [-0.2, -0.15) is 0 Å². The molecule has 0 saturated heterocycles. The van der Waals surface area contributed by atoms with Gasteiger partial charge < -0.3 is 10.5 Å². The smallest absolute Gasteiger partial charge is 0.141 e. The Morgan fingerprint density at radius 1 is 1.60 bits per heavy atom. The predicted molar refractivity (Wildman–Crippen MR) is 56.8 cm³/mol. The summed E-state index contributed by atoms with van der Waals surface area (Å²) in [5.74, 6) is -0.377. The molecule has 1 aromatic rings. The summed E-state index contributed by atoms with van der Waals surface area (Å²) in [5, 5.41) is 0. The second-order valence-corrected chi connectivity index (χ2v) is 3.78. The maximum Gasteiger partial charge on any atom is 0.141 e. The molecule has 0 spiro atoms. The van der Waals surface area contributed by atoms with Crippen LogP contribution in [0.25, 0.3) is 0 Å². The van der Waals surface area contributed by atoms with E-state index in [4.69, 9.17) is 10.5 Å². The third kappa shape index (κ3) is 2.52. The lowest BCUT2D eigenvalue weighted by molar-refractivity contribution is -0.0196. The first-order valence-corrected chi connectivity index (χ1v) is 4.94. The molecular weight excluding hydrogens is 195 g/mol. The molecule has 0 aliphatic heterocycles. The SMILES string of the molecule is CCC(C)(OC)C(N)c1cncc(F)c1. The van der Waals surface area contributed by atoms with Gasteiger partial charge in [-0.1, -0.05) is 6.92 Å². The first kappa shape index (κ1) is 12.1. The zero-order chi connectivity index (χ0) is 11.5. The molecular formula is C11H17FN2O. The van der Waals surface area contributed by atoms with Gasteiger partial charge in [-0.25, -0.2) is 4.39 Å². The lowest BCUT2D eigenvalue weighted by Gasteiger charge is -2.33. The number of halogens is 1. The van der Waals surface area contributed by atoms with Gasteiger partial charge in [0, 0.05) is 13.3 Å². The van der Waals surface area contributed by atoms with Crippen LogP contribution in [-0.2, 0) is 4.74 Å². The molecule has 15 heavy (non-hydrogen) atoms. The molecule has 0 aliphatic carbocycles. The van der Waals surface area contributed by atoms with Crippen molar-refractivity contribution < 1.29 is 9.13 Å². The Kier molecular flexibility index (Phi) is 3.77. The third-order valence-corrected chi connectivity index (χ3v) is 2.91. The number of aromatic nitrogens is 1. The zero-order valence-electron chi connectivity index (χ0n) is 9.33. The second-order valence-electron chi connectivity index (χ2n) is 3.78. The lowest BCUT2D eigenvalue weighted by atomic mass is 9.89. The monoisotopic (exact) mass is 212 g/mol. The van der Waals surface area contributed by atoms with Crippen molar-refractivity contribution in [3.8, 4) is 0 Å². The van der Waals surface area contributed by atoms with Crippen molar-refractivity contribution in [2.75, 3.05) is 7.11 Å². The zero-order valence-corrected chi connectivity index (χ0v) is 9.33. The molecule has 0 fully saturated rings. The number of nitrogens with two attached hydrogens (primary N) is 1. The Hall–Kier alpha value is -1.00. The molecule has 84 valence electrons. The van der Waals surface area contributed by atoms with Crippen molar-refractivity contribution in [1.82, 2.24) is 4.98 Å². The van der Waals surface area contributed by atoms with Crippen LogP contribution in [-0.4, -0.2) is 17.7 Å². The molecule has 0 amide bonds. The summed E-state index contributed by atoms with van der Waals surface area (Å²) in [7, 11) is 1.61. The average Bonchev–Trinajstić information content (AvgIpc) is 2.27. The van der Waals surface area contributed by atoms with Gasteiger partial charge >= 0.3 is 0 Å². The highest BCUT2D eigenvalue weighted by molar-refractivity contribution is 5.18. The minimum Gasteiger partial charge on any atom is -0.377 e. The van der Waals surface area contributed by atoms with Gasteiger partial charge in [0.25, 0.3) is 0 Å². The first-order chi connectivity index (χ1) is 7.03. The van der Waals surface area contributed by atoms with Crippen LogP contribution < -0.4 is 5.73 Å². The van der Waals surface area contributed by atoms with E-state index in [2.05, 4.69) is 4.98 Å². The highest BCUT2D eigenvalue weighted by atomic mass is 19.1. The van der Waals surface area contributed by atoms with Gasteiger partial charge in [-0.05, 0) is 25.0 Å². The largest absolute Gasteiger partial charge is 0.377 e. The first-order valence-electron chi connectivity index (χ1n) is 4.94. The summed E-state index contributed by atoms with van der Waals surface area (Å²) in [6, 6.07) is 1.01. The van der Waals surface area contributed by atoms with Crippen LogP contribution in [0.4, 0.5) is 4.39 Å². The predicted octanol–water partition coefficient (Wildman–Crippen LogP) is 2.04. The van der Waals surface area contributed by atoms with Crippen molar-refractivity contribution >= 4 is 0 Å². The summed E-state index contributed by atoms with van der Waals surface area (Å²) in [6.45, 7) is 3.89. The highest BCUT2D eigenvalue weighted by Crippen LogP contribution is 2.29. The molecule has 3 nitrogen and oxygen atoms in total. The quantitative estimate of drug-likeness (QED) is 0.830. The highest BCUT2D eigenvalue weighted by Gasteiger charge is 2.31. The Morgan fingerprint density at radius 2 is 2.27 bits per heavy atom. The second kappa shape index (κ2) is 4.68. The van der Waals surface area contributed by atoms with Crippen molar-refractivity contribution in [1.29, 1.82) is 0 Å². The number of hydrogen-bond donors (Lipinski definition) is 1. The van der Waals surface area contributed by atoms with Gasteiger partial charge in [-0.15, -0.1) is 0 Å². The number of nitrogens with zero attached hydrogens (tertiary/aromatic N) is 1. The molecule has 2 atom stereocenters. The molecule has 2 N–H and O–H groups in total. The van der Waals surface area contributed by atoms with E-state index >= 15 is 0 Å². The molecule has 2 unspecified atom stereocenters. The standard InChI is InChI=1S/C11H17FN2O/c1-4-11(2,15-3)10(13)8-5-9(12)7-14-6-8/h5-7,10H,4,13H2,1-3H3. The van der Waals surface area contributed by atoms with Gasteiger partial charge in [0.1, 0.15) is 5.82 Å². The third-order valence-electron chi connectivity index (χ3n) is 2.91. The van der Waals surface area contributed by atoms with Gasteiger partial charge in [0.15, 0.2) is 0 Å². The van der Waals surface area contributed by atoms with E-state index in [9.17, 15) is 4.39 Å². The van der Waals surface area contributed by atoms with Crippen LogP contribution in [0.15, 0.2) is 18.5 Å². The van der Waals surface area contributed by atoms with Crippen LogP contribution >= 0.6 is 0 Å². The van der Waals surface area contributed by atoms with Gasteiger partial charge in [0.05, 0.1) is 17.8 Å². The Labute approximate surface area is 89.5 Å². The van der Waals surface area contributed by atoms with E-state index in [1.54, 1.807) is 13.3 Å². The van der Waals surface area contributed by atoms with E-state index in [0.717, 1.165) is 12.6 Å². The molecule has 0 saturated carbocycles. The van der Waals surface area contributed by atoms with Crippen molar-refractivity contribution in [2.45, 2.75) is 31.9 Å². The minimum absolute atomic E-state index is 0.377. The van der Waals surface area contributed by atoms with Crippen LogP contribution in [0.3, 0.4) is 0 Å². The Bertz CT molecular complexity index is 326. The van der Waals surface area contributed by atoms with Crippen molar-refractivity contribution in [2.24, 2.45) is 5.73 Å². The molecule has 1 rings (SSSR count). The summed E-state index contributed by atoms with van der Waals surface area (Å²) in [4.78, 5) is 3.78. The fourth-order valence-electron chi connectivity index (χ4n) is 1.44. The number of methoxy groups -OCH3 is 1. The van der Waals surface area contributed by atoms with Crippen LogP contribution in [0, 0.1) is 5.82 Å². The Balaban J connectivity index is 2.97. The fraction of sp³-hybridized carbons (Fsp3) is 0.545. The average molecular weight is 212 g/mol. The maximum absolute atomic E-state index is 13.0. The van der Waals surface area contributed by atoms with Crippen molar-refractivity contribution in [3.63, 3.8) is 0 Å². The van der Waals surface area contributed by atoms with Gasteiger partial charge in [0.2, 0.25) is 0 Å². The number of pyridine rings is 1. The molecule has 4 heteroatoms. The van der Waals surface area contributed by atoms with E-state index in [1.165, 1.54) is 6.07 Å². The summed E-state index contributed by atoms with van der Waals surface area (Å²) in [5.41, 5.74) is 6.20. The topological polar surface area (TPSA) is 48.1 Å². The maximum atomic E-state index is 13.0. The summed E-state index contributed by atoms with van der Waals surface area (Å²) < 4.78 is 18.3. The molecule has 1 heterocycles. The van der Waals surface area contributed by atoms with E-state index in [1.807, 2.05) is 13.8 Å². The van der Waals surface area contributed by atoms with Crippen molar-refractivity contribution in [3.05, 3.63) is 29.8 Å². The lowest BCUT2D eigenvalue weighted by Crippen LogP contribution is -2.39. The van der Waals surface area contributed by atoms with E-state index < -0.39 is 5.60 Å². The molecule has 0 bridgehead atoms. The summed E-state index contributed by atoms with van der Waals surface area (Å²) >= 11 is 0.